The average Bonchev–Trinajstić information content (AvgIpc) is 3.04. The minimum atomic E-state index is 0.370. The highest BCUT2D eigenvalue weighted by atomic mass is 16.3. The average molecular weight is 645 g/mol. The standard InChI is InChI=1S/2C22H26O2/c2*1-13-10-21(23)15(3)8-19(13)17-6-5-7-18(12-17)20-9-16(4)22(24)11-14(20)2/h8-12,17,23-24H,5-7H2,1-4H3;6,8-11,18,23-24H,5,7,12H2,1-4H3. The van der Waals surface area contributed by atoms with Crippen LogP contribution in [0.5, 0.6) is 23.0 Å². The number of hydrogen-bond donors (Lipinski definition) is 4. The van der Waals surface area contributed by atoms with Gasteiger partial charge >= 0.3 is 0 Å². The van der Waals surface area contributed by atoms with Crippen LogP contribution in [0.3, 0.4) is 0 Å². The summed E-state index contributed by atoms with van der Waals surface area (Å²) in [5.74, 6) is 2.37. The van der Waals surface area contributed by atoms with E-state index in [9.17, 15) is 20.4 Å². The number of allylic oxidation sites excluding steroid dienone is 4. The molecule has 2 aliphatic carbocycles. The molecule has 0 fully saturated rings. The van der Waals surface area contributed by atoms with Crippen LogP contribution < -0.4 is 0 Å². The summed E-state index contributed by atoms with van der Waals surface area (Å²) in [6.45, 7) is 16.1. The van der Waals surface area contributed by atoms with Gasteiger partial charge in [-0.15, -0.1) is 0 Å². The molecule has 252 valence electrons. The molecule has 0 bridgehead atoms. The fourth-order valence-corrected chi connectivity index (χ4v) is 7.57. The van der Waals surface area contributed by atoms with Gasteiger partial charge in [-0.2, -0.15) is 0 Å². The maximum Gasteiger partial charge on any atom is 0.118 e. The van der Waals surface area contributed by atoms with E-state index in [-0.39, 0.29) is 0 Å². The van der Waals surface area contributed by atoms with Crippen molar-refractivity contribution in [2.45, 2.75) is 106 Å². The molecular weight excluding hydrogens is 592 g/mol. The number of rotatable bonds is 4. The summed E-state index contributed by atoms with van der Waals surface area (Å²) in [6, 6.07) is 16.0. The Morgan fingerprint density at radius 1 is 0.479 bits per heavy atom. The second-order valence-electron chi connectivity index (χ2n) is 14.3. The summed E-state index contributed by atoms with van der Waals surface area (Å²) in [5, 5.41) is 39.6. The van der Waals surface area contributed by atoms with Gasteiger partial charge in [-0.05, 0) is 214 Å². The lowest BCUT2D eigenvalue weighted by atomic mass is 9.79. The first kappa shape index (κ1) is 34.9. The fourth-order valence-electron chi connectivity index (χ4n) is 7.57. The number of phenolic OH excluding ortho intramolecular Hbond substituents is 4. The van der Waals surface area contributed by atoms with E-state index in [1.807, 2.05) is 52.0 Å². The quantitative estimate of drug-likeness (QED) is 0.178. The Bertz CT molecular complexity index is 1910. The molecule has 4 N–H and O–H groups in total. The first-order valence-corrected chi connectivity index (χ1v) is 17.3. The van der Waals surface area contributed by atoms with Gasteiger partial charge in [0.15, 0.2) is 0 Å². The van der Waals surface area contributed by atoms with Crippen molar-refractivity contribution in [3.05, 3.63) is 127 Å². The summed E-state index contributed by atoms with van der Waals surface area (Å²) < 4.78 is 0. The number of benzene rings is 4. The molecule has 2 atom stereocenters. The summed E-state index contributed by atoms with van der Waals surface area (Å²) >= 11 is 0. The van der Waals surface area contributed by atoms with Crippen LogP contribution in [0.4, 0.5) is 0 Å². The van der Waals surface area contributed by atoms with Gasteiger partial charge in [0.2, 0.25) is 0 Å². The molecule has 0 amide bonds. The van der Waals surface area contributed by atoms with Crippen molar-refractivity contribution in [1.29, 1.82) is 0 Å². The third-order valence-corrected chi connectivity index (χ3v) is 10.5. The highest BCUT2D eigenvalue weighted by Crippen LogP contribution is 2.42. The van der Waals surface area contributed by atoms with Gasteiger partial charge in [0, 0.05) is 5.92 Å². The summed E-state index contributed by atoms with van der Waals surface area (Å²) in [7, 11) is 0. The van der Waals surface area contributed by atoms with E-state index in [1.165, 1.54) is 39.0 Å². The van der Waals surface area contributed by atoms with E-state index in [0.29, 0.717) is 34.8 Å². The van der Waals surface area contributed by atoms with Crippen LogP contribution in [-0.4, -0.2) is 20.4 Å². The van der Waals surface area contributed by atoms with Crippen LogP contribution in [0.1, 0.15) is 117 Å². The number of aryl methyl sites for hydroxylation is 8. The van der Waals surface area contributed by atoms with E-state index >= 15 is 0 Å². The molecule has 4 aromatic rings. The lowest BCUT2D eigenvalue weighted by molar-refractivity contribution is 0.469. The van der Waals surface area contributed by atoms with Crippen molar-refractivity contribution in [3.63, 3.8) is 0 Å². The molecule has 4 nitrogen and oxygen atoms in total. The zero-order chi connectivity index (χ0) is 34.9. The minimum Gasteiger partial charge on any atom is -0.508 e. The van der Waals surface area contributed by atoms with E-state index < -0.39 is 0 Å². The number of aromatic hydroxyl groups is 4. The summed E-state index contributed by atoms with van der Waals surface area (Å²) in [4.78, 5) is 0. The van der Waals surface area contributed by atoms with E-state index in [2.05, 4.69) is 64.1 Å². The largest absolute Gasteiger partial charge is 0.508 e. The third-order valence-electron chi connectivity index (χ3n) is 10.5. The summed E-state index contributed by atoms with van der Waals surface area (Å²) in [6.07, 6.45) is 11.3. The van der Waals surface area contributed by atoms with Crippen LogP contribution in [0.25, 0.3) is 11.1 Å². The molecule has 0 aromatic heterocycles. The molecular formula is C44H52O4. The van der Waals surface area contributed by atoms with Gasteiger partial charge in [-0.25, -0.2) is 0 Å². The first-order chi connectivity index (χ1) is 22.7. The maximum atomic E-state index is 9.91. The van der Waals surface area contributed by atoms with E-state index in [4.69, 9.17) is 0 Å². The van der Waals surface area contributed by atoms with E-state index in [1.54, 1.807) is 0 Å². The lowest BCUT2D eigenvalue weighted by Crippen LogP contribution is -2.08. The van der Waals surface area contributed by atoms with Gasteiger partial charge in [0.1, 0.15) is 23.0 Å². The molecule has 4 aromatic carbocycles. The fraction of sp³-hybridized carbons (Fsp3) is 0.364. The van der Waals surface area contributed by atoms with Gasteiger partial charge in [-0.1, -0.05) is 24.3 Å². The topological polar surface area (TPSA) is 80.9 Å². The highest BCUT2D eigenvalue weighted by Gasteiger charge is 2.23. The van der Waals surface area contributed by atoms with Crippen molar-refractivity contribution in [1.82, 2.24) is 0 Å². The first-order valence-electron chi connectivity index (χ1n) is 17.3. The number of hydrogen-bond acceptors (Lipinski definition) is 4. The van der Waals surface area contributed by atoms with Crippen LogP contribution in [0.15, 0.2) is 60.7 Å². The summed E-state index contributed by atoms with van der Waals surface area (Å²) in [5.41, 5.74) is 16.2. The molecule has 0 spiro atoms. The normalized spacial score (nSPS) is 17.7. The Kier molecular flexibility index (Phi) is 10.4. The zero-order valence-corrected chi connectivity index (χ0v) is 30.0. The van der Waals surface area contributed by atoms with Gasteiger partial charge in [-0.3, -0.25) is 0 Å². The van der Waals surface area contributed by atoms with Crippen molar-refractivity contribution in [2.75, 3.05) is 0 Å². The molecule has 6 rings (SSSR count). The molecule has 0 saturated heterocycles. The monoisotopic (exact) mass is 644 g/mol. The maximum absolute atomic E-state index is 9.91. The number of phenols is 4. The lowest BCUT2D eigenvalue weighted by Gasteiger charge is -2.26. The third kappa shape index (κ3) is 7.49. The SMILES string of the molecule is Cc1cc(C2=CC(c3cc(C)c(O)cc3C)CCC2)c(C)cc1O.Cc1cc(C2=CCCC(c3cc(C)c(O)cc3C)C2)c(C)cc1O. The Hall–Kier alpha value is -4.44. The smallest absolute Gasteiger partial charge is 0.118 e. The molecule has 48 heavy (non-hydrogen) atoms. The van der Waals surface area contributed by atoms with Crippen molar-refractivity contribution < 1.29 is 20.4 Å². The molecule has 4 heteroatoms. The Morgan fingerprint density at radius 3 is 1.50 bits per heavy atom. The second-order valence-corrected chi connectivity index (χ2v) is 14.3. The van der Waals surface area contributed by atoms with Crippen LogP contribution in [0.2, 0.25) is 0 Å². The van der Waals surface area contributed by atoms with Gasteiger partial charge in [0.05, 0.1) is 0 Å². The van der Waals surface area contributed by atoms with Crippen LogP contribution in [0, 0.1) is 55.4 Å². The second kappa shape index (κ2) is 14.4. The minimum absolute atomic E-state index is 0.370. The molecule has 0 radical (unpaired) electrons. The van der Waals surface area contributed by atoms with Crippen molar-refractivity contribution >= 4 is 11.1 Å². The molecule has 2 unspecified atom stereocenters. The van der Waals surface area contributed by atoms with Gasteiger partial charge in [0.25, 0.3) is 0 Å². The molecule has 0 saturated carbocycles. The predicted octanol–water partition coefficient (Wildman–Crippen LogP) is 11.4. The van der Waals surface area contributed by atoms with Crippen LogP contribution in [-0.2, 0) is 0 Å². The predicted molar refractivity (Wildman–Crippen MR) is 199 cm³/mol. The highest BCUT2D eigenvalue weighted by molar-refractivity contribution is 5.72. The zero-order valence-electron chi connectivity index (χ0n) is 30.0. The Balaban J connectivity index is 0.000000188. The Labute approximate surface area is 287 Å². The van der Waals surface area contributed by atoms with E-state index in [0.717, 1.165) is 77.5 Å². The van der Waals surface area contributed by atoms with Crippen molar-refractivity contribution in [3.8, 4) is 23.0 Å². The molecule has 0 aliphatic heterocycles. The van der Waals surface area contributed by atoms with Gasteiger partial charge < -0.3 is 20.4 Å². The molecule has 0 heterocycles. The Morgan fingerprint density at radius 2 is 0.938 bits per heavy atom. The van der Waals surface area contributed by atoms with Crippen LogP contribution >= 0.6 is 0 Å². The molecule has 2 aliphatic rings. The van der Waals surface area contributed by atoms with Crippen molar-refractivity contribution in [2.24, 2.45) is 0 Å².